The third-order valence-corrected chi connectivity index (χ3v) is 4.94. The lowest BCUT2D eigenvalue weighted by Crippen LogP contribution is -2.06. The van der Waals surface area contributed by atoms with Crippen molar-refractivity contribution in [1.82, 2.24) is 0 Å². The van der Waals surface area contributed by atoms with E-state index in [2.05, 4.69) is 55.8 Å². The van der Waals surface area contributed by atoms with Crippen molar-refractivity contribution < 1.29 is 0 Å². The molecule has 16 heavy (non-hydrogen) atoms. The van der Waals surface area contributed by atoms with Crippen LogP contribution in [0.5, 0.6) is 0 Å². The summed E-state index contributed by atoms with van der Waals surface area (Å²) in [5.74, 6) is 0.652. The highest BCUT2D eigenvalue weighted by molar-refractivity contribution is 9.09. The fourth-order valence-electron chi connectivity index (χ4n) is 1.97. The molecule has 1 aromatic carbocycles. The first-order valence-corrected chi connectivity index (χ1v) is 7.21. The fraction of sp³-hybridized carbons (Fsp3) is 0.571. The third-order valence-electron chi connectivity index (χ3n) is 3.37. The largest absolute Gasteiger partial charge is 0.0840 e. The van der Waals surface area contributed by atoms with Crippen LogP contribution in [-0.4, -0.2) is 0 Å². The maximum absolute atomic E-state index is 6.32. The average Bonchev–Trinajstić information content (AvgIpc) is 2.25. The van der Waals surface area contributed by atoms with Gasteiger partial charge in [-0.3, -0.25) is 0 Å². The molecule has 0 bridgehead atoms. The zero-order chi connectivity index (χ0) is 12.3. The van der Waals surface area contributed by atoms with Gasteiger partial charge in [-0.05, 0) is 42.5 Å². The summed E-state index contributed by atoms with van der Waals surface area (Å²) in [6, 6.07) is 4.29. The molecule has 0 heterocycles. The van der Waals surface area contributed by atoms with E-state index in [-0.39, 0.29) is 0 Å². The SMILES string of the molecule is CCC(CC)C(Br)c1cc(C)c(C)cc1Cl. The second kappa shape index (κ2) is 6.07. The molecule has 0 aliphatic heterocycles. The molecule has 0 N–H and O–H groups in total. The van der Waals surface area contributed by atoms with Crippen LogP contribution in [0.3, 0.4) is 0 Å². The maximum Gasteiger partial charge on any atom is 0.0452 e. The number of aryl methyl sites for hydroxylation is 2. The van der Waals surface area contributed by atoms with Crippen molar-refractivity contribution in [1.29, 1.82) is 0 Å². The van der Waals surface area contributed by atoms with Crippen molar-refractivity contribution in [2.45, 2.75) is 45.4 Å². The number of alkyl halides is 1. The monoisotopic (exact) mass is 302 g/mol. The number of hydrogen-bond donors (Lipinski definition) is 0. The van der Waals surface area contributed by atoms with Gasteiger partial charge < -0.3 is 0 Å². The van der Waals surface area contributed by atoms with Crippen LogP contribution < -0.4 is 0 Å². The number of benzene rings is 1. The Hall–Kier alpha value is -0.0100. The van der Waals surface area contributed by atoms with Gasteiger partial charge in [-0.25, -0.2) is 0 Å². The summed E-state index contributed by atoms with van der Waals surface area (Å²) in [5.41, 5.74) is 3.81. The molecule has 90 valence electrons. The molecule has 0 fully saturated rings. The van der Waals surface area contributed by atoms with E-state index in [0.29, 0.717) is 10.7 Å². The van der Waals surface area contributed by atoms with Gasteiger partial charge in [-0.15, -0.1) is 0 Å². The molecule has 1 unspecified atom stereocenters. The molecule has 0 aliphatic carbocycles. The van der Waals surface area contributed by atoms with E-state index >= 15 is 0 Å². The summed E-state index contributed by atoms with van der Waals surface area (Å²) >= 11 is 10.1. The first kappa shape index (κ1) is 14.1. The normalized spacial score (nSPS) is 13.2. The van der Waals surface area contributed by atoms with E-state index in [1.165, 1.54) is 29.5 Å². The summed E-state index contributed by atoms with van der Waals surface area (Å²) in [5, 5.41) is 0.886. The summed E-state index contributed by atoms with van der Waals surface area (Å²) in [6.45, 7) is 8.71. The molecule has 0 saturated carbocycles. The van der Waals surface area contributed by atoms with E-state index in [1.54, 1.807) is 0 Å². The predicted octanol–water partition coefficient (Wildman–Crippen LogP) is 5.83. The molecule has 0 radical (unpaired) electrons. The lowest BCUT2D eigenvalue weighted by molar-refractivity contribution is 0.487. The third kappa shape index (κ3) is 3.01. The van der Waals surface area contributed by atoms with E-state index in [1.807, 2.05) is 0 Å². The van der Waals surface area contributed by atoms with Crippen molar-refractivity contribution in [3.05, 3.63) is 33.8 Å². The van der Waals surface area contributed by atoms with Crippen LogP contribution in [0.25, 0.3) is 0 Å². The van der Waals surface area contributed by atoms with Crippen molar-refractivity contribution in [3.63, 3.8) is 0 Å². The lowest BCUT2D eigenvalue weighted by Gasteiger charge is -2.22. The fourth-order valence-corrected chi connectivity index (χ4v) is 3.57. The van der Waals surface area contributed by atoms with Gasteiger partial charge in [0.1, 0.15) is 0 Å². The molecule has 0 nitrogen and oxygen atoms in total. The Kier molecular flexibility index (Phi) is 5.33. The first-order valence-electron chi connectivity index (χ1n) is 5.91. The van der Waals surface area contributed by atoms with E-state index in [9.17, 15) is 0 Å². The number of halogens is 2. The van der Waals surface area contributed by atoms with Crippen molar-refractivity contribution in [3.8, 4) is 0 Å². The smallest absolute Gasteiger partial charge is 0.0452 e. The summed E-state index contributed by atoms with van der Waals surface area (Å²) in [7, 11) is 0. The van der Waals surface area contributed by atoms with E-state index in [0.717, 1.165) is 5.02 Å². The molecular weight excluding hydrogens is 284 g/mol. The Morgan fingerprint density at radius 1 is 1.12 bits per heavy atom. The van der Waals surface area contributed by atoms with Crippen LogP contribution in [0.4, 0.5) is 0 Å². The van der Waals surface area contributed by atoms with E-state index in [4.69, 9.17) is 11.6 Å². The van der Waals surface area contributed by atoms with Gasteiger partial charge in [-0.1, -0.05) is 60.3 Å². The Labute approximate surface area is 113 Å². The van der Waals surface area contributed by atoms with Crippen LogP contribution in [0.15, 0.2) is 12.1 Å². The molecule has 0 aromatic heterocycles. The highest BCUT2D eigenvalue weighted by Crippen LogP contribution is 2.39. The van der Waals surface area contributed by atoms with Crippen molar-refractivity contribution in [2.24, 2.45) is 5.92 Å². The summed E-state index contributed by atoms with van der Waals surface area (Å²) < 4.78 is 0. The van der Waals surface area contributed by atoms with Gasteiger partial charge in [-0.2, -0.15) is 0 Å². The van der Waals surface area contributed by atoms with Crippen LogP contribution in [-0.2, 0) is 0 Å². The van der Waals surface area contributed by atoms with Crippen molar-refractivity contribution in [2.75, 3.05) is 0 Å². The minimum absolute atomic E-state index is 0.370. The van der Waals surface area contributed by atoms with Crippen molar-refractivity contribution >= 4 is 27.5 Å². The van der Waals surface area contributed by atoms with Gasteiger partial charge in [0.15, 0.2) is 0 Å². The van der Waals surface area contributed by atoms with Gasteiger partial charge in [0, 0.05) is 9.85 Å². The summed E-state index contributed by atoms with van der Waals surface area (Å²) in [4.78, 5) is 0.370. The Morgan fingerprint density at radius 2 is 1.62 bits per heavy atom. The first-order chi connectivity index (χ1) is 7.51. The molecule has 1 rings (SSSR count). The zero-order valence-electron chi connectivity index (χ0n) is 10.5. The van der Waals surface area contributed by atoms with Gasteiger partial charge >= 0.3 is 0 Å². The Bertz CT molecular complexity index is 356. The second-order valence-corrected chi connectivity index (χ2v) is 5.83. The molecular formula is C14H20BrCl. The van der Waals surface area contributed by atoms with Crippen LogP contribution >= 0.6 is 27.5 Å². The second-order valence-electron chi connectivity index (χ2n) is 4.44. The zero-order valence-corrected chi connectivity index (χ0v) is 12.8. The predicted molar refractivity (Wildman–Crippen MR) is 76.7 cm³/mol. The molecule has 1 atom stereocenters. The van der Waals surface area contributed by atoms with Gasteiger partial charge in [0.2, 0.25) is 0 Å². The highest BCUT2D eigenvalue weighted by Gasteiger charge is 2.20. The molecule has 0 amide bonds. The number of hydrogen-bond acceptors (Lipinski definition) is 0. The summed E-state index contributed by atoms with van der Waals surface area (Å²) in [6.07, 6.45) is 2.35. The van der Waals surface area contributed by atoms with Crippen LogP contribution in [0, 0.1) is 19.8 Å². The van der Waals surface area contributed by atoms with Crippen LogP contribution in [0.1, 0.15) is 48.2 Å². The topological polar surface area (TPSA) is 0 Å². The maximum atomic E-state index is 6.32. The van der Waals surface area contributed by atoms with Gasteiger partial charge in [0.05, 0.1) is 0 Å². The van der Waals surface area contributed by atoms with Crippen LogP contribution in [0.2, 0.25) is 5.02 Å². The molecule has 0 spiro atoms. The minimum Gasteiger partial charge on any atom is -0.0840 e. The standard InChI is InChI=1S/C14H20BrCl/c1-5-11(6-2)14(15)12-7-9(3)10(4)8-13(12)16/h7-8,11,14H,5-6H2,1-4H3. The highest BCUT2D eigenvalue weighted by atomic mass is 79.9. The van der Waals surface area contributed by atoms with E-state index < -0.39 is 0 Å². The molecule has 1 aromatic rings. The molecule has 0 aliphatic rings. The Morgan fingerprint density at radius 3 is 2.12 bits per heavy atom. The molecule has 0 saturated heterocycles. The lowest BCUT2D eigenvalue weighted by atomic mass is 9.93. The number of rotatable bonds is 4. The molecule has 2 heteroatoms. The quantitative estimate of drug-likeness (QED) is 0.614. The van der Waals surface area contributed by atoms with Gasteiger partial charge in [0.25, 0.3) is 0 Å². The average molecular weight is 304 g/mol. The minimum atomic E-state index is 0.370. The Balaban J connectivity index is 3.07.